The highest BCUT2D eigenvalue weighted by molar-refractivity contribution is 4.79. The van der Waals surface area contributed by atoms with E-state index in [9.17, 15) is 5.11 Å². The summed E-state index contributed by atoms with van der Waals surface area (Å²) in [5, 5.41) is 10.0. The maximum atomic E-state index is 10.0. The summed E-state index contributed by atoms with van der Waals surface area (Å²) in [7, 11) is 2.13. The molecule has 0 amide bonds. The first-order valence-electron chi connectivity index (χ1n) is 6.32. The van der Waals surface area contributed by atoms with Crippen LogP contribution in [0.5, 0.6) is 0 Å². The Bertz CT molecular complexity index is 189. The number of hydrogen-bond donors (Lipinski definition) is 2. The summed E-state index contributed by atoms with van der Waals surface area (Å²) in [6.45, 7) is 5.10. The molecule has 1 heterocycles. The van der Waals surface area contributed by atoms with E-state index in [1.54, 1.807) is 0 Å². The Labute approximate surface area is 98.8 Å². The number of nitrogens with two attached hydrogens (primary N) is 1. The molecule has 2 atom stereocenters. The third kappa shape index (κ3) is 4.01. The lowest BCUT2D eigenvalue weighted by atomic mass is 9.95. The van der Waals surface area contributed by atoms with Gasteiger partial charge >= 0.3 is 0 Å². The van der Waals surface area contributed by atoms with Crippen LogP contribution in [0.1, 0.15) is 32.6 Å². The van der Waals surface area contributed by atoms with Crippen molar-refractivity contribution in [3.63, 3.8) is 0 Å². The topological polar surface area (TPSA) is 58.7 Å². The molecular weight excluding hydrogens is 204 g/mol. The average Bonchev–Trinajstić information content (AvgIpc) is 2.82. The molecule has 0 saturated carbocycles. The third-order valence-corrected chi connectivity index (χ3v) is 3.72. The van der Waals surface area contributed by atoms with Crippen LogP contribution in [0.15, 0.2) is 0 Å². The van der Waals surface area contributed by atoms with Gasteiger partial charge in [0.05, 0.1) is 12.2 Å². The zero-order chi connectivity index (χ0) is 12.0. The maximum absolute atomic E-state index is 10.0. The summed E-state index contributed by atoms with van der Waals surface area (Å²) in [4.78, 5) is 2.33. The van der Waals surface area contributed by atoms with Gasteiger partial charge in [0.15, 0.2) is 0 Å². The van der Waals surface area contributed by atoms with Crippen molar-refractivity contribution in [2.24, 2.45) is 5.73 Å². The number of likely N-dealkylation sites (N-methyl/N-ethyl adjacent to an activating group) is 1. The second kappa shape index (κ2) is 6.55. The molecule has 0 aromatic carbocycles. The molecule has 0 spiro atoms. The summed E-state index contributed by atoms with van der Waals surface area (Å²) >= 11 is 0. The van der Waals surface area contributed by atoms with E-state index in [0.717, 1.165) is 45.4 Å². The second-order valence-electron chi connectivity index (χ2n) is 4.88. The minimum atomic E-state index is -0.660. The van der Waals surface area contributed by atoms with E-state index in [2.05, 4.69) is 11.9 Å². The van der Waals surface area contributed by atoms with Crippen LogP contribution in [0.3, 0.4) is 0 Å². The van der Waals surface area contributed by atoms with Crippen molar-refractivity contribution in [3.8, 4) is 0 Å². The van der Waals surface area contributed by atoms with Crippen molar-refractivity contribution in [3.05, 3.63) is 0 Å². The molecule has 2 unspecified atom stereocenters. The van der Waals surface area contributed by atoms with Gasteiger partial charge in [0, 0.05) is 19.2 Å². The van der Waals surface area contributed by atoms with Crippen LogP contribution in [-0.4, -0.2) is 55.0 Å². The monoisotopic (exact) mass is 230 g/mol. The van der Waals surface area contributed by atoms with Crippen LogP contribution < -0.4 is 5.73 Å². The molecule has 0 bridgehead atoms. The normalized spacial score (nSPS) is 24.9. The Morgan fingerprint density at radius 3 is 2.81 bits per heavy atom. The largest absolute Gasteiger partial charge is 0.389 e. The molecule has 1 saturated heterocycles. The Kier molecular flexibility index (Phi) is 5.69. The van der Waals surface area contributed by atoms with E-state index >= 15 is 0 Å². The van der Waals surface area contributed by atoms with Gasteiger partial charge in [0.1, 0.15) is 0 Å². The molecule has 4 nitrogen and oxygen atoms in total. The van der Waals surface area contributed by atoms with Gasteiger partial charge in [-0.25, -0.2) is 0 Å². The highest BCUT2D eigenvalue weighted by atomic mass is 16.5. The first-order chi connectivity index (χ1) is 7.61. The van der Waals surface area contributed by atoms with Gasteiger partial charge < -0.3 is 20.5 Å². The van der Waals surface area contributed by atoms with E-state index in [4.69, 9.17) is 10.5 Å². The maximum Gasteiger partial charge on any atom is 0.0767 e. The number of aliphatic hydroxyl groups is 1. The summed E-state index contributed by atoms with van der Waals surface area (Å²) < 4.78 is 5.36. The Morgan fingerprint density at radius 2 is 2.31 bits per heavy atom. The lowest BCUT2D eigenvalue weighted by Crippen LogP contribution is -2.39. The quantitative estimate of drug-likeness (QED) is 0.672. The minimum Gasteiger partial charge on any atom is -0.389 e. The summed E-state index contributed by atoms with van der Waals surface area (Å²) in [5.41, 5.74) is 4.91. The van der Waals surface area contributed by atoms with Gasteiger partial charge in [0.2, 0.25) is 0 Å². The summed E-state index contributed by atoms with van der Waals surface area (Å²) in [6.07, 6.45) is 3.65. The lowest BCUT2D eigenvalue weighted by Gasteiger charge is -2.27. The van der Waals surface area contributed by atoms with Gasteiger partial charge in [-0.2, -0.15) is 0 Å². The van der Waals surface area contributed by atoms with Crippen LogP contribution in [0.4, 0.5) is 0 Å². The van der Waals surface area contributed by atoms with Crippen LogP contribution in [0.2, 0.25) is 0 Å². The fourth-order valence-corrected chi connectivity index (χ4v) is 2.13. The summed E-state index contributed by atoms with van der Waals surface area (Å²) in [6, 6.07) is 0.563. The predicted octanol–water partition coefficient (Wildman–Crippen LogP) is 0.587. The van der Waals surface area contributed by atoms with Crippen molar-refractivity contribution in [2.45, 2.75) is 44.2 Å². The molecule has 1 fully saturated rings. The molecule has 1 rings (SSSR count). The second-order valence-corrected chi connectivity index (χ2v) is 4.88. The smallest absolute Gasteiger partial charge is 0.0767 e. The zero-order valence-electron chi connectivity index (χ0n) is 10.6. The third-order valence-electron chi connectivity index (χ3n) is 3.72. The SMILES string of the molecule is CCC(O)(CN)CCCN(C)C1CCOC1. The van der Waals surface area contributed by atoms with Crippen molar-refractivity contribution < 1.29 is 9.84 Å². The van der Waals surface area contributed by atoms with Crippen LogP contribution in [0.25, 0.3) is 0 Å². The van der Waals surface area contributed by atoms with Crippen LogP contribution >= 0.6 is 0 Å². The zero-order valence-corrected chi connectivity index (χ0v) is 10.6. The van der Waals surface area contributed by atoms with Gasteiger partial charge in [-0.05, 0) is 39.3 Å². The van der Waals surface area contributed by atoms with E-state index in [-0.39, 0.29) is 0 Å². The predicted molar refractivity (Wildman–Crippen MR) is 65.4 cm³/mol. The number of nitrogens with zero attached hydrogens (tertiary/aromatic N) is 1. The standard InChI is InChI=1S/C12H26N2O2/c1-3-12(15,10-13)6-4-7-14(2)11-5-8-16-9-11/h11,15H,3-10,13H2,1-2H3. The van der Waals surface area contributed by atoms with Crippen molar-refractivity contribution in [1.29, 1.82) is 0 Å². The number of ether oxygens (including phenoxy) is 1. The molecule has 0 aromatic rings. The van der Waals surface area contributed by atoms with E-state index in [0.29, 0.717) is 12.6 Å². The van der Waals surface area contributed by atoms with Gasteiger partial charge in [0.25, 0.3) is 0 Å². The molecule has 3 N–H and O–H groups in total. The van der Waals surface area contributed by atoms with Gasteiger partial charge in [-0.15, -0.1) is 0 Å². The van der Waals surface area contributed by atoms with Crippen molar-refractivity contribution in [2.75, 3.05) is 33.4 Å². The lowest BCUT2D eigenvalue weighted by molar-refractivity contribution is 0.0310. The number of rotatable bonds is 7. The van der Waals surface area contributed by atoms with E-state index in [1.807, 2.05) is 6.92 Å². The molecule has 0 aliphatic carbocycles. The highest BCUT2D eigenvalue weighted by Crippen LogP contribution is 2.17. The first kappa shape index (κ1) is 13.9. The Balaban J connectivity index is 2.18. The molecule has 1 aliphatic heterocycles. The fraction of sp³-hybridized carbons (Fsp3) is 1.00. The molecule has 0 aromatic heterocycles. The Morgan fingerprint density at radius 1 is 1.56 bits per heavy atom. The molecule has 16 heavy (non-hydrogen) atoms. The molecular formula is C12H26N2O2. The van der Waals surface area contributed by atoms with Gasteiger partial charge in [-0.3, -0.25) is 0 Å². The van der Waals surface area contributed by atoms with Crippen molar-refractivity contribution >= 4 is 0 Å². The van der Waals surface area contributed by atoms with Crippen LogP contribution in [0, 0.1) is 0 Å². The fourth-order valence-electron chi connectivity index (χ4n) is 2.13. The van der Waals surface area contributed by atoms with E-state index in [1.165, 1.54) is 0 Å². The minimum absolute atomic E-state index is 0.361. The molecule has 0 radical (unpaired) electrons. The van der Waals surface area contributed by atoms with Gasteiger partial charge in [-0.1, -0.05) is 6.92 Å². The van der Waals surface area contributed by atoms with E-state index < -0.39 is 5.60 Å². The van der Waals surface area contributed by atoms with Crippen LogP contribution in [-0.2, 0) is 4.74 Å². The first-order valence-corrected chi connectivity index (χ1v) is 6.32. The molecule has 96 valence electrons. The average molecular weight is 230 g/mol. The summed E-state index contributed by atoms with van der Waals surface area (Å²) in [5.74, 6) is 0. The Hall–Kier alpha value is -0.160. The van der Waals surface area contributed by atoms with Crippen molar-refractivity contribution in [1.82, 2.24) is 4.90 Å². The molecule has 4 heteroatoms. The highest BCUT2D eigenvalue weighted by Gasteiger charge is 2.24. The number of hydrogen-bond acceptors (Lipinski definition) is 4. The molecule has 1 aliphatic rings.